The average Bonchev–Trinajstić information content (AvgIpc) is 3.37. The number of hydrogen-bond acceptors (Lipinski definition) is 7. The molecule has 0 amide bonds. The first-order valence-corrected chi connectivity index (χ1v) is 10.6. The van der Waals surface area contributed by atoms with Gasteiger partial charge in [0.05, 0.1) is 23.3 Å². The molecule has 0 aliphatic carbocycles. The number of ether oxygens (including phenoxy) is 1. The number of aromatic nitrogens is 4. The van der Waals surface area contributed by atoms with E-state index in [4.69, 9.17) is 14.2 Å². The lowest BCUT2D eigenvalue weighted by atomic mass is 10.0. The molecule has 0 saturated carbocycles. The maximum Gasteiger partial charge on any atom is 0.206 e. The lowest BCUT2D eigenvalue weighted by Crippen LogP contribution is -2.44. The van der Waals surface area contributed by atoms with Crippen LogP contribution in [0.25, 0.3) is 22.2 Å². The summed E-state index contributed by atoms with van der Waals surface area (Å²) in [5.41, 5.74) is 5.01. The van der Waals surface area contributed by atoms with E-state index in [1.165, 1.54) is 0 Å². The number of aryl methyl sites for hydroxylation is 2. The molecule has 4 aromatic rings. The molecule has 0 spiro atoms. The molecule has 31 heavy (non-hydrogen) atoms. The molecule has 3 aromatic heterocycles. The summed E-state index contributed by atoms with van der Waals surface area (Å²) in [4.78, 5) is 11.1. The summed E-state index contributed by atoms with van der Waals surface area (Å²) in [6, 6.07) is 9.87. The number of rotatable bonds is 2. The molecule has 1 fully saturated rings. The third kappa shape index (κ3) is 3.63. The van der Waals surface area contributed by atoms with Crippen molar-refractivity contribution in [1.82, 2.24) is 25.0 Å². The van der Waals surface area contributed by atoms with Crippen molar-refractivity contribution in [3.8, 4) is 16.9 Å². The Balaban J connectivity index is 0.000000296. The normalized spacial score (nSPS) is 15.4. The third-order valence-electron chi connectivity index (χ3n) is 5.67. The SMILES string of the molecule is Cc1noc(C)c1-c1ccc2nc(N3CCNCC3)n3c2c1OCC3.c1ccncc1. The Labute approximate surface area is 180 Å². The van der Waals surface area contributed by atoms with Crippen LogP contribution in [0, 0.1) is 13.8 Å². The van der Waals surface area contributed by atoms with Crippen LogP contribution in [0.3, 0.4) is 0 Å². The highest BCUT2D eigenvalue weighted by Crippen LogP contribution is 2.42. The number of hydrogen-bond donors (Lipinski definition) is 1. The van der Waals surface area contributed by atoms with Crippen LogP contribution in [0.2, 0.25) is 0 Å². The topological polar surface area (TPSA) is 81.2 Å². The number of benzene rings is 1. The van der Waals surface area contributed by atoms with Gasteiger partial charge in [-0.2, -0.15) is 0 Å². The highest BCUT2D eigenvalue weighted by Gasteiger charge is 2.27. The highest BCUT2D eigenvalue weighted by atomic mass is 16.5. The van der Waals surface area contributed by atoms with Crippen LogP contribution in [-0.2, 0) is 6.54 Å². The Morgan fingerprint density at radius 3 is 2.45 bits per heavy atom. The predicted octanol–water partition coefficient (Wildman–Crippen LogP) is 3.19. The summed E-state index contributed by atoms with van der Waals surface area (Å²) in [7, 11) is 0. The smallest absolute Gasteiger partial charge is 0.206 e. The van der Waals surface area contributed by atoms with Gasteiger partial charge in [-0.1, -0.05) is 11.2 Å². The first kappa shape index (κ1) is 19.6. The van der Waals surface area contributed by atoms with Crippen LogP contribution < -0.4 is 15.0 Å². The number of nitrogens with zero attached hydrogens (tertiary/aromatic N) is 5. The molecule has 2 aliphatic heterocycles. The highest BCUT2D eigenvalue weighted by molar-refractivity contribution is 5.93. The molecule has 1 saturated heterocycles. The standard InChI is InChI=1S/C18H21N5O2.C5H5N/c1-11-15(12(2)25-21-11)13-3-4-14-16-17(13)24-10-9-23(16)18(20-14)22-7-5-19-6-8-22;1-2-4-6-5-3-1/h3-4,19H,5-10H2,1-2H3;1-5H. The maximum atomic E-state index is 6.10. The Kier molecular flexibility index (Phi) is 5.30. The summed E-state index contributed by atoms with van der Waals surface area (Å²) in [6.07, 6.45) is 3.50. The van der Waals surface area contributed by atoms with E-state index in [1.807, 2.05) is 32.0 Å². The van der Waals surface area contributed by atoms with Crippen LogP contribution in [0.5, 0.6) is 5.75 Å². The van der Waals surface area contributed by atoms with Crippen molar-refractivity contribution < 1.29 is 9.26 Å². The van der Waals surface area contributed by atoms with E-state index in [2.05, 4.69) is 37.1 Å². The minimum absolute atomic E-state index is 0.651. The second kappa shape index (κ2) is 8.39. The molecular weight excluding hydrogens is 392 g/mol. The number of pyridine rings is 1. The quantitative estimate of drug-likeness (QED) is 0.535. The largest absolute Gasteiger partial charge is 0.489 e. The molecule has 0 bridgehead atoms. The van der Waals surface area contributed by atoms with Crippen LogP contribution in [0.1, 0.15) is 11.5 Å². The molecule has 0 radical (unpaired) electrons. The fourth-order valence-corrected chi connectivity index (χ4v) is 4.26. The van der Waals surface area contributed by atoms with Gasteiger partial charge in [0.1, 0.15) is 17.9 Å². The lowest BCUT2D eigenvalue weighted by molar-refractivity contribution is 0.288. The van der Waals surface area contributed by atoms with Gasteiger partial charge in [-0.05, 0) is 38.1 Å². The zero-order valence-electron chi connectivity index (χ0n) is 17.8. The van der Waals surface area contributed by atoms with Crippen LogP contribution in [-0.4, -0.2) is 52.5 Å². The van der Waals surface area contributed by atoms with Crippen molar-refractivity contribution in [3.63, 3.8) is 0 Å². The molecule has 1 N–H and O–H groups in total. The molecule has 0 unspecified atom stereocenters. The van der Waals surface area contributed by atoms with E-state index in [-0.39, 0.29) is 0 Å². The number of anilines is 1. The van der Waals surface area contributed by atoms with Crippen LogP contribution in [0.4, 0.5) is 5.95 Å². The summed E-state index contributed by atoms with van der Waals surface area (Å²) in [5, 5.41) is 7.50. The first-order valence-electron chi connectivity index (χ1n) is 10.6. The second-order valence-electron chi connectivity index (χ2n) is 7.68. The molecule has 0 atom stereocenters. The molecule has 1 aromatic carbocycles. The minimum atomic E-state index is 0.651. The molecular formula is C23H26N6O2. The molecule has 8 heteroatoms. The summed E-state index contributed by atoms with van der Waals surface area (Å²) < 4.78 is 13.8. The van der Waals surface area contributed by atoms with E-state index in [9.17, 15) is 0 Å². The van der Waals surface area contributed by atoms with Gasteiger partial charge in [0.25, 0.3) is 0 Å². The van der Waals surface area contributed by atoms with Crippen molar-refractivity contribution in [2.45, 2.75) is 20.4 Å². The van der Waals surface area contributed by atoms with Gasteiger partial charge in [-0.25, -0.2) is 4.98 Å². The Hall–Kier alpha value is -3.39. The van der Waals surface area contributed by atoms with Crippen molar-refractivity contribution >= 4 is 17.0 Å². The fourth-order valence-electron chi connectivity index (χ4n) is 4.26. The maximum absolute atomic E-state index is 6.10. The van der Waals surface area contributed by atoms with Crippen molar-refractivity contribution in [2.24, 2.45) is 0 Å². The van der Waals surface area contributed by atoms with Gasteiger partial charge >= 0.3 is 0 Å². The summed E-state index contributed by atoms with van der Waals surface area (Å²) >= 11 is 0. The lowest BCUT2D eigenvalue weighted by Gasteiger charge is -2.30. The molecule has 8 nitrogen and oxygen atoms in total. The van der Waals surface area contributed by atoms with Gasteiger partial charge in [0.15, 0.2) is 5.75 Å². The average molecular weight is 419 g/mol. The van der Waals surface area contributed by atoms with Crippen molar-refractivity contribution in [1.29, 1.82) is 0 Å². The number of imidazole rings is 1. The van der Waals surface area contributed by atoms with E-state index in [1.54, 1.807) is 12.4 Å². The van der Waals surface area contributed by atoms with Crippen molar-refractivity contribution in [2.75, 3.05) is 37.7 Å². The van der Waals surface area contributed by atoms with E-state index >= 15 is 0 Å². The Morgan fingerprint density at radius 2 is 1.81 bits per heavy atom. The van der Waals surface area contributed by atoms with E-state index in [0.29, 0.717) is 6.61 Å². The van der Waals surface area contributed by atoms with Gasteiger partial charge in [0, 0.05) is 44.1 Å². The fraction of sp³-hybridized carbons (Fsp3) is 0.348. The zero-order valence-corrected chi connectivity index (χ0v) is 17.8. The predicted molar refractivity (Wildman–Crippen MR) is 120 cm³/mol. The van der Waals surface area contributed by atoms with Gasteiger partial charge < -0.3 is 24.0 Å². The van der Waals surface area contributed by atoms with Gasteiger partial charge in [-0.15, -0.1) is 0 Å². The monoisotopic (exact) mass is 418 g/mol. The van der Waals surface area contributed by atoms with Crippen LogP contribution in [0.15, 0.2) is 47.2 Å². The summed E-state index contributed by atoms with van der Waals surface area (Å²) in [5.74, 6) is 2.76. The van der Waals surface area contributed by atoms with Gasteiger partial charge in [0.2, 0.25) is 5.95 Å². The first-order chi connectivity index (χ1) is 15.2. The second-order valence-corrected chi connectivity index (χ2v) is 7.68. The molecule has 2 aliphatic rings. The van der Waals surface area contributed by atoms with Crippen LogP contribution >= 0.6 is 0 Å². The molecule has 5 heterocycles. The third-order valence-corrected chi connectivity index (χ3v) is 5.67. The van der Waals surface area contributed by atoms with Crippen molar-refractivity contribution in [3.05, 3.63) is 54.2 Å². The summed E-state index contributed by atoms with van der Waals surface area (Å²) in [6.45, 7) is 9.35. The number of nitrogens with one attached hydrogen (secondary N) is 1. The zero-order chi connectivity index (χ0) is 21.2. The molecule has 160 valence electrons. The van der Waals surface area contributed by atoms with E-state index < -0.39 is 0 Å². The van der Waals surface area contributed by atoms with Gasteiger partial charge in [-0.3, -0.25) is 4.98 Å². The van der Waals surface area contributed by atoms with E-state index in [0.717, 1.165) is 78.0 Å². The Bertz CT molecular complexity index is 1130. The minimum Gasteiger partial charge on any atom is -0.489 e. The Morgan fingerprint density at radius 1 is 1.00 bits per heavy atom. The number of piperazine rings is 1. The molecule has 6 rings (SSSR count).